The van der Waals surface area contributed by atoms with Crippen LogP contribution in [0.1, 0.15) is 0 Å². The molecule has 21 heavy (non-hydrogen) atoms. The van der Waals surface area contributed by atoms with Gasteiger partial charge in [0.15, 0.2) is 5.65 Å². The van der Waals surface area contributed by atoms with Crippen molar-refractivity contribution in [2.75, 3.05) is 0 Å². The second-order valence-corrected chi connectivity index (χ2v) is 4.91. The summed E-state index contributed by atoms with van der Waals surface area (Å²) in [7, 11) is 0. The Morgan fingerprint density at radius 1 is 0.762 bits per heavy atom. The SMILES string of the molecule is c1ccc2nc3c(nc2c1)c1cccnc1c1ccnn13. The zero-order chi connectivity index (χ0) is 13.8. The zero-order valence-corrected chi connectivity index (χ0v) is 10.9. The Bertz CT molecular complexity index is 1140. The van der Waals surface area contributed by atoms with Crippen molar-refractivity contribution in [3.8, 4) is 0 Å². The van der Waals surface area contributed by atoms with Gasteiger partial charge in [0.1, 0.15) is 5.52 Å². The van der Waals surface area contributed by atoms with E-state index in [2.05, 4.69) is 10.1 Å². The fourth-order valence-corrected chi connectivity index (χ4v) is 2.77. The fraction of sp³-hybridized carbons (Fsp3) is 0. The summed E-state index contributed by atoms with van der Waals surface area (Å²) < 4.78 is 1.81. The summed E-state index contributed by atoms with van der Waals surface area (Å²) in [6.45, 7) is 0. The van der Waals surface area contributed by atoms with Gasteiger partial charge in [-0.1, -0.05) is 12.1 Å². The Morgan fingerprint density at radius 2 is 1.62 bits per heavy atom. The molecular weight excluding hydrogens is 262 g/mol. The maximum Gasteiger partial charge on any atom is 0.181 e. The van der Waals surface area contributed by atoms with Gasteiger partial charge in [0.05, 0.1) is 28.3 Å². The minimum atomic E-state index is 0.759. The third-order valence-corrected chi connectivity index (χ3v) is 3.70. The molecule has 5 heteroatoms. The van der Waals surface area contributed by atoms with E-state index in [4.69, 9.17) is 9.97 Å². The minimum absolute atomic E-state index is 0.759. The van der Waals surface area contributed by atoms with Crippen molar-refractivity contribution in [3.05, 3.63) is 54.9 Å². The Hall–Kier alpha value is -3.08. The summed E-state index contributed by atoms with van der Waals surface area (Å²) in [4.78, 5) is 14.0. The van der Waals surface area contributed by atoms with Crippen LogP contribution in [0.2, 0.25) is 0 Å². The zero-order valence-electron chi connectivity index (χ0n) is 10.9. The van der Waals surface area contributed by atoms with E-state index >= 15 is 0 Å². The van der Waals surface area contributed by atoms with Crippen LogP contribution in [0, 0.1) is 0 Å². The van der Waals surface area contributed by atoms with Crippen molar-refractivity contribution in [1.82, 2.24) is 24.6 Å². The van der Waals surface area contributed by atoms with Gasteiger partial charge in [0, 0.05) is 11.6 Å². The van der Waals surface area contributed by atoms with Crippen LogP contribution in [0.25, 0.3) is 38.6 Å². The first-order valence-electron chi connectivity index (χ1n) is 6.69. The lowest BCUT2D eigenvalue weighted by atomic mass is 10.2. The Morgan fingerprint density at radius 3 is 2.52 bits per heavy atom. The summed E-state index contributed by atoms with van der Waals surface area (Å²) in [6.07, 6.45) is 3.55. The number of nitrogens with zero attached hydrogens (tertiary/aromatic N) is 5. The normalized spacial score (nSPS) is 11.8. The molecule has 5 nitrogen and oxygen atoms in total. The van der Waals surface area contributed by atoms with Gasteiger partial charge in [-0.15, -0.1) is 0 Å². The monoisotopic (exact) mass is 271 g/mol. The van der Waals surface area contributed by atoms with Gasteiger partial charge < -0.3 is 0 Å². The molecule has 0 fully saturated rings. The third kappa shape index (κ3) is 1.34. The maximum atomic E-state index is 4.77. The smallest absolute Gasteiger partial charge is 0.181 e. The Balaban J connectivity index is 2.18. The molecule has 0 spiro atoms. The van der Waals surface area contributed by atoms with Crippen LogP contribution >= 0.6 is 0 Å². The number of hydrogen-bond acceptors (Lipinski definition) is 4. The highest BCUT2D eigenvalue weighted by molar-refractivity contribution is 6.09. The molecule has 0 N–H and O–H groups in total. The molecule has 0 atom stereocenters. The summed E-state index contributed by atoms with van der Waals surface area (Å²) in [5.41, 5.74) is 5.17. The molecule has 98 valence electrons. The summed E-state index contributed by atoms with van der Waals surface area (Å²) >= 11 is 0. The number of benzene rings is 1. The van der Waals surface area contributed by atoms with E-state index < -0.39 is 0 Å². The molecule has 4 heterocycles. The second-order valence-electron chi connectivity index (χ2n) is 4.91. The quantitative estimate of drug-likeness (QED) is 0.321. The topological polar surface area (TPSA) is 56.0 Å². The molecular formula is C16H9N5. The first-order chi connectivity index (χ1) is 10.4. The predicted molar refractivity (Wildman–Crippen MR) is 81.1 cm³/mol. The molecule has 0 bridgehead atoms. The van der Waals surface area contributed by atoms with Crippen LogP contribution in [0.5, 0.6) is 0 Å². The van der Waals surface area contributed by atoms with E-state index in [1.54, 1.807) is 12.4 Å². The van der Waals surface area contributed by atoms with Crippen LogP contribution in [-0.4, -0.2) is 24.6 Å². The van der Waals surface area contributed by atoms with Crippen LogP contribution in [0.15, 0.2) is 54.9 Å². The van der Waals surface area contributed by atoms with Crippen LogP contribution in [0.3, 0.4) is 0 Å². The van der Waals surface area contributed by atoms with Crippen molar-refractivity contribution in [1.29, 1.82) is 0 Å². The van der Waals surface area contributed by atoms with Gasteiger partial charge in [0.2, 0.25) is 0 Å². The van der Waals surface area contributed by atoms with Gasteiger partial charge >= 0.3 is 0 Å². The highest BCUT2D eigenvalue weighted by atomic mass is 15.2. The van der Waals surface area contributed by atoms with Gasteiger partial charge in [-0.3, -0.25) is 4.98 Å². The molecule has 0 aliphatic carbocycles. The Kier molecular flexibility index (Phi) is 1.90. The summed E-state index contributed by atoms with van der Waals surface area (Å²) in [5, 5.41) is 5.38. The molecule has 0 saturated carbocycles. The predicted octanol–water partition coefficient (Wildman–Crippen LogP) is 2.98. The van der Waals surface area contributed by atoms with Crippen LogP contribution in [0.4, 0.5) is 0 Å². The number of para-hydroxylation sites is 2. The summed E-state index contributed by atoms with van der Waals surface area (Å²) in [6, 6.07) is 13.8. The number of pyridine rings is 2. The molecule has 4 aromatic heterocycles. The van der Waals surface area contributed by atoms with Crippen molar-refractivity contribution in [3.63, 3.8) is 0 Å². The molecule has 0 radical (unpaired) electrons. The Labute approximate surface area is 118 Å². The third-order valence-electron chi connectivity index (χ3n) is 3.70. The molecule has 0 saturated heterocycles. The number of fused-ring (bicyclic) bond motifs is 7. The van der Waals surface area contributed by atoms with E-state index in [-0.39, 0.29) is 0 Å². The van der Waals surface area contributed by atoms with Crippen molar-refractivity contribution >= 4 is 38.6 Å². The van der Waals surface area contributed by atoms with Crippen molar-refractivity contribution in [2.45, 2.75) is 0 Å². The highest BCUT2D eigenvalue weighted by Gasteiger charge is 2.12. The highest BCUT2D eigenvalue weighted by Crippen LogP contribution is 2.26. The number of aromatic nitrogens is 5. The van der Waals surface area contributed by atoms with E-state index in [1.165, 1.54) is 0 Å². The average Bonchev–Trinajstić information content (AvgIpc) is 3.03. The lowest BCUT2D eigenvalue weighted by molar-refractivity contribution is 0.986. The molecule has 0 unspecified atom stereocenters. The fourth-order valence-electron chi connectivity index (χ4n) is 2.77. The molecule has 0 amide bonds. The maximum absolute atomic E-state index is 4.77. The number of rotatable bonds is 0. The first-order valence-corrected chi connectivity index (χ1v) is 6.69. The lowest BCUT2D eigenvalue weighted by Crippen LogP contribution is -1.98. The van der Waals surface area contributed by atoms with Gasteiger partial charge in [-0.05, 0) is 30.3 Å². The van der Waals surface area contributed by atoms with E-state index in [9.17, 15) is 0 Å². The average molecular weight is 271 g/mol. The van der Waals surface area contributed by atoms with E-state index in [0.29, 0.717) is 0 Å². The van der Waals surface area contributed by atoms with Gasteiger partial charge in [0.25, 0.3) is 0 Å². The summed E-state index contributed by atoms with van der Waals surface area (Å²) in [5.74, 6) is 0. The standard InChI is InChI=1S/C16H9N5/c1-2-6-12-11(5-1)19-15-10-4-3-8-17-14(10)13-7-9-18-21(13)16(15)20-12/h1-9H. The molecule has 0 aliphatic heterocycles. The van der Waals surface area contributed by atoms with Gasteiger partial charge in [-0.25, -0.2) is 14.5 Å². The van der Waals surface area contributed by atoms with Crippen LogP contribution < -0.4 is 0 Å². The first kappa shape index (κ1) is 10.7. The minimum Gasteiger partial charge on any atom is -0.254 e. The largest absolute Gasteiger partial charge is 0.254 e. The molecule has 1 aromatic carbocycles. The molecule has 5 rings (SSSR count). The molecule has 5 aromatic rings. The van der Waals surface area contributed by atoms with E-state index in [0.717, 1.165) is 38.6 Å². The lowest BCUT2D eigenvalue weighted by Gasteiger charge is -2.07. The van der Waals surface area contributed by atoms with Crippen molar-refractivity contribution < 1.29 is 0 Å². The number of hydrogen-bond donors (Lipinski definition) is 0. The van der Waals surface area contributed by atoms with Gasteiger partial charge in [-0.2, -0.15) is 5.10 Å². The van der Waals surface area contributed by atoms with Crippen molar-refractivity contribution in [2.24, 2.45) is 0 Å². The second kappa shape index (κ2) is 3.73. The molecule has 0 aliphatic rings. The van der Waals surface area contributed by atoms with Crippen LogP contribution in [-0.2, 0) is 0 Å². The van der Waals surface area contributed by atoms with E-state index in [1.807, 2.05) is 47.0 Å².